The second-order valence-corrected chi connectivity index (χ2v) is 5.20. The number of para-hydroxylation sites is 1. The van der Waals surface area contributed by atoms with Crippen molar-refractivity contribution in [3.05, 3.63) is 66.9 Å². The van der Waals surface area contributed by atoms with Crippen molar-refractivity contribution in [3.63, 3.8) is 0 Å². The number of hydrogen-bond acceptors (Lipinski definition) is 2. The molecule has 0 spiro atoms. The summed E-state index contributed by atoms with van der Waals surface area (Å²) < 4.78 is 1.91. The van der Waals surface area contributed by atoms with Crippen LogP contribution in [0, 0.1) is 0 Å². The Morgan fingerprint density at radius 2 is 1.55 bits per heavy atom. The third kappa shape index (κ3) is 2.89. The molecule has 0 bridgehead atoms. The quantitative estimate of drug-likeness (QED) is 0.695. The van der Waals surface area contributed by atoms with E-state index in [1.165, 1.54) is 5.69 Å². The fraction of sp³-hybridized carbons (Fsp3) is 0.211. The lowest BCUT2D eigenvalue weighted by atomic mass is 10.1. The minimum absolute atomic E-state index is 0.995. The van der Waals surface area contributed by atoms with E-state index in [9.17, 15) is 0 Å². The van der Waals surface area contributed by atoms with Gasteiger partial charge in [0.05, 0.1) is 11.4 Å². The molecule has 0 unspecified atom stereocenters. The maximum absolute atomic E-state index is 4.67. The maximum Gasteiger partial charge on any atom is 0.0927 e. The van der Waals surface area contributed by atoms with Crippen molar-refractivity contribution in [1.29, 1.82) is 0 Å². The molecule has 0 atom stereocenters. The van der Waals surface area contributed by atoms with E-state index in [4.69, 9.17) is 0 Å². The average Bonchev–Trinajstić information content (AvgIpc) is 3.07. The van der Waals surface area contributed by atoms with Gasteiger partial charge in [0.1, 0.15) is 0 Å². The zero-order valence-corrected chi connectivity index (χ0v) is 13.1. The number of hydrogen-bond donors (Lipinski definition) is 0. The Morgan fingerprint density at radius 1 is 0.864 bits per heavy atom. The minimum Gasteiger partial charge on any atom is -0.372 e. The molecular formula is C19H21N3. The number of anilines is 1. The first-order valence-electron chi connectivity index (χ1n) is 7.78. The summed E-state index contributed by atoms with van der Waals surface area (Å²) in [5, 5.41) is 4.67. The van der Waals surface area contributed by atoms with Crippen LogP contribution in [0.2, 0.25) is 0 Å². The lowest BCUT2D eigenvalue weighted by Gasteiger charge is -2.20. The van der Waals surface area contributed by atoms with Crippen LogP contribution < -0.4 is 4.90 Å². The van der Waals surface area contributed by atoms with Gasteiger partial charge in [-0.2, -0.15) is 5.10 Å². The normalized spacial score (nSPS) is 10.6. The van der Waals surface area contributed by atoms with E-state index in [-0.39, 0.29) is 0 Å². The van der Waals surface area contributed by atoms with Crippen molar-refractivity contribution in [1.82, 2.24) is 9.78 Å². The van der Waals surface area contributed by atoms with Gasteiger partial charge >= 0.3 is 0 Å². The number of benzene rings is 2. The van der Waals surface area contributed by atoms with Crippen LogP contribution >= 0.6 is 0 Å². The number of nitrogens with zero attached hydrogens (tertiary/aromatic N) is 3. The Kier molecular flexibility index (Phi) is 4.24. The SMILES string of the molecule is CCN(CC)c1ccc(-c2ccn(-c3ccccc3)n2)cc1. The van der Waals surface area contributed by atoms with Crippen LogP contribution in [-0.4, -0.2) is 22.9 Å². The third-order valence-corrected chi connectivity index (χ3v) is 3.90. The van der Waals surface area contributed by atoms with Gasteiger partial charge in [-0.05, 0) is 44.2 Å². The molecule has 1 aromatic heterocycles. The molecule has 3 heteroatoms. The fourth-order valence-corrected chi connectivity index (χ4v) is 2.63. The molecule has 0 aliphatic rings. The van der Waals surface area contributed by atoms with Crippen LogP contribution in [0.5, 0.6) is 0 Å². The molecule has 0 radical (unpaired) electrons. The molecular weight excluding hydrogens is 270 g/mol. The predicted molar refractivity (Wildman–Crippen MR) is 92.6 cm³/mol. The van der Waals surface area contributed by atoms with E-state index in [1.807, 2.05) is 29.1 Å². The molecule has 0 fully saturated rings. The van der Waals surface area contributed by atoms with E-state index in [0.717, 1.165) is 30.0 Å². The number of aromatic nitrogens is 2. The highest BCUT2D eigenvalue weighted by Gasteiger charge is 2.05. The average molecular weight is 291 g/mol. The van der Waals surface area contributed by atoms with Crippen molar-refractivity contribution in [2.45, 2.75) is 13.8 Å². The van der Waals surface area contributed by atoms with Crippen LogP contribution in [0.4, 0.5) is 5.69 Å². The molecule has 0 saturated carbocycles. The van der Waals surface area contributed by atoms with Gasteiger partial charge in [-0.1, -0.05) is 30.3 Å². The smallest absolute Gasteiger partial charge is 0.0927 e. The van der Waals surface area contributed by atoms with E-state index >= 15 is 0 Å². The predicted octanol–water partition coefficient (Wildman–Crippen LogP) is 4.39. The molecule has 3 rings (SSSR count). The summed E-state index contributed by atoms with van der Waals surface area (Å²) in [5.41, 5.74) is 4.48. The largest absolute Gasteiger partial charge is 0.372 e. The molecule has 3 nitrogen and oxygen atoms in total. The van der Waals surface area contributed by atoms with Gasteiger partial charge < -0.3 is 4.90 Å². The van der Waals surface area contributed by atoms with E-state index < -0.39 is 0 Å². The molecule has 1 heterocycles. The topological polar surface area (TPSA) is 21.1 Å². The van der Waals surface area contributed by atoms with E-state index in [2.05, 4.69) is 66.3 Å². The van der Waals surface area contributed by atoms with Crippen LogP contribution in [-0.2, 0) is 0 Å². The molecule has 0 aliphatic heterocycles. The fourth-order valence-electron chi connectivity index (χ4n) is 2.63. The van der Waals surface area contributed by atoms with Gasteiger partial charge in [0.15, 0.2) is 0 Å². The van der Waals surface area contributed by atoms with Gasteiger partial charge in [0, 0.05) is 30.5 Å². The summed E-state index contributed by atoms with van der Waals surface area (Å²) in [6.07, 6.45) is 2.00. The Bertz CT molecular complexity index is 710. The maximum atomic E-state index is 4.67. The minimum atomic E-state index is 0.995. The summed E-state index contributed by atoms with van der Waals surface area (Å²) in [4.78, 5) is 2.34. The Balaban J connectivity index is 1.85. The molecule has 0 N–H and O–H groups in total. The Hall–Kier alpha value is -2.55. The lowest BCUT2D eigenvalue weighted by molar-refractivity contribution is 0.866. The van der Waals surface area contributed by atoms with E-state index in [1.54, 1.807) is 0 Å². The lowest BCUT2D eigenvalue weighted by Crippen LogP contribution is -2.21. The van der Waals surface area contributed by atoms with Crippen LogP contribution in [0.1, 0.15) is 13.8 Å². The summed E-state index contributed by atoms with van der Waals surface area (Å²) in [7, 11) is 0. The Morgan fingerprint density at radius 3 is 2.18 bits per heavy atom. The van der Waals surface area contributed by atoms with Crippen LogP contribution in [0.25, 0.3) is 16.9 Å². The Labute approximate surface area is 131 Å². The van der Waals surface area contributed by atoms with Crippen molar-refractivity contribution in [2.75, 3.05) is 18.0 Å². The molecule has 22 heavy (non-hydrogen) atoms. The van der Waals surface area contributed by atoms with Crippen molar-refractivity contribution >= 4 is 5.69 Å². The molecule has 0 aliphatic carbocycles. The highest BCUT2D eigenvalue weighted by atomic mass is 15.3. The molecule has 3 aromatic rings. The standard InChI is InChI=1S/C19H21N3/c1-3-21(4-2)17-12-10-16(11-13-17)19-14-15-22(20-19)18-8-6-5-7-9-18/h5-15H,3-4H2,1-2H3. The molecule has 0 amide bonds. The van der Waals surface area contributed by atoms with Gasteiger partial charge in [0.2, 0.25) is 0 Å². The van der Waals surface area contributed by atoms with Crippen LogP contribution in [0.15, 0.2) is 66.9 Å². The first-order valence-corrected chi connectivity index (χ1v) is 7.78. The second kappa shape index (κ2) is 6.48. The summed E-state index contributed by atoms with van der Waals surface area (Å²) >= 11 is 0. The zero-order valence-electron chi connectivity index (χ0n) is 13.1. The van der Waals surface area contributed by atoms with Gasteiger partial charge in [-0.3, -0.25) is 0 Å². The van der Waals surface area contributed by atoms with Gasteiger partial charge in [-0.25, -0.2) is 4.68 Å². The summed E-state index contributed by atoms with van der Waals surface area (Å²) in [6.45, 7) is 6.41. The van der Waals surface area contributed by atoms with Crippen LogP contribution in [0.3, 0.4) is 0 Å². The molecule has 112 valence electrons. The third-order valence-electron chi connectivity index (χ3n) is 3.90. The summed E-state index contributed by atoms with van der Waals surface area (Å²) in [5.74, 6) is 0. The summed E-state index contributed by atoms with van der Waals surface area (Å²) in [6, 6.07) is 20.9. The number of rotatable bonds is 5. The first kappa shape index (κ1) is 14.4. The highest BCUT2D eigenvalue weighted by Crippen LogP contribution is 2.22. The van der Waals surface area contributed by atoms with Crippen molar-refractivity contribution in [2.24, 2.45) is 0 Å². The highest BCUT2D eigenvalue weighted by molar-refractivity contribution is 5.63. The van der Waals surface area contributed by atoms with Gasteiger partial charge in [0.25, 0.3) is 0 Å². The molecule has 0 saturated heterocycles. The first-order chi connectivity index (χ1) is 10.8. The monoisotopic (exact) mass is 291 g/mol. The van der Waals surface area contributed by atoms with Crippen molar-refractivity contribution in [3.8, 4) is 16.9 Å². The molecule has 2 aromatic carbocycles. The van der Waals surface area contributed by atoms with Crippen molar-refractivity contribution < 1.29 is 0 Å². The zero-order chi connectivity index (χ0) is 15.4. The van der Waals surface area contributed by atoms with E-state index in [0.29, 0.717) is 0 Å². The van der Waals surface area contributed by atoms with Gasteiger partial charge in [-0.15, -0.1) is 0 Å². The second-order valence-electron chi connectivity index (χ2n) is 5.20.